The van der Waals surface area contributed by atoms with Crippen LogP contribution in [0.3, 0.4) is 0 Å². The van der Waals surface area contributed by atoms with Crippen LogP contribution in [0.4, 0.5) is 0 Å². The van der Waals surface area contributed by atoms with E-state index < -0.39 is 0 Å². The minimum Gasteiger partial charge on any atom is -0.381 e. The molecule has 0 radical (unpaired) electrons. The fraction of sp³-hybridized carbons (Fsp3) is 0.688. The van der Waals surface area contributed by atoms with Gasteiger partial charge < -0.3 is 4.74 Å². The van der Waals surface area contributed by atoms with E-state index >= 15 is 0 Å². The van der Waals surface area contributed by atoms with Gasteiger partial charge in [0.1, 0.15) is 0 Å². The van der Waals surface area contributed by atoms with Crippen LogP contribution in [-0.2, 0) is 11.2 Å². The Balaban J connectivity index is 1.44. The van der Waals surface area contributed by atoms with E-state index in [2.05, 4.69) is 16.0 Å². The molecule has 0 saturated carbocycles. The average Bonchev–Trinajstić information content (AvgIpc) is 2.96. The van der Waals surface area contributed by atoms with E-state index in [1.807, 2.05) is 18.5 Å². The van der Waals surface area contributed by atoms with Gasteiger partial charge in [-0.15, -0.1) is 0 Å². The number of aromatic nitrogens is 1. The minimum atomic E-state index is 0.789. The van der Waals surface area contributed by atoms with Gasteiger partial charge >= 0.3 is 0 Å². The van der Waals surface area contributed by atoms with Crippen LogP contribution in [0.15, 0.2) is 24.5 Å². The molecule has 1 atom stereocenters. The van der Waals surface area contributed by atoms with Crippen LogP contribution < -0.4 is 0 Å². The lowest BCUT2D eigenvalue weighted by Crippen LogP contribution is -2.37. The van der Waals surface area contributed by atoms with Crippen LogP contribution in [-0.4, -0.2) is 42.2 Å². The Labute approximate surface area is 116 Å². The van der Waals surface area contributed by atoms with Gasteiger partial charge in [-0.2, -0.15) is 0 Å². The third-order valence-corrected chi connectivity index (χ3v) is 4.59. The molecule has 0 N–H and O–H groups in total. The standard InChI is InChI=1S/C16H24N2O/c1-2-14(12-17-8-1)3-4-15-5-9-18(13-15)16-6-10-19-11-7-16/h1-2,8,12,15-16H,3-7,9-11,13H2/t15-/m1/s1. The second-order valence-corrected chi connectivity index (χ2v) is 5.89. The van der Waals surface area contributed by atoms with Crippen LogP contribution >= 0.6 is 0 Å². The Morgan fingerprint density at radius 3 is 2.95 bits per heavy atom. The largest absolute Gasteiger partial charge is 0.381 e. The van der Waals surface area contributed by atoms with Crippen LogP contribution in [0.1, 0.15) is 31.2 Å². The number of likely N-dealkylation sites (tertiary alicyclic amines) is 1. The van der Waals surface area contributed by atoms with Crippen molar-refractivity contribution in [3.8, 4) is 0 Å². The molecule has 3 heterocycles. The van der Waals surface area contributed by atoms with Crippen LogP contribution in [0, 0.1) is 5.92 Å². The lowest BCUT2D eigenvalue weighted by atomic mass is 9.99. The molecule has 0 bridgehead atoms. The highest BCUT2D eigenvalue weighted by molar-refractivity contribution is 5.08. The number of hydrogen-bond donors (Lipinski definition) is 0. The molecule has 2 aliphatic heterocycles. The average molecular weight is 260 g/mol. The highest BCUT2D eigenvalue weighted by Gasteiger charge is 2.28. The first-order chi connectivity index (χ1) is 9.42. The maximum Gasteiger partial charge on any atom is 0.0480 e. The normalized spacial score (nSPS) is 25.8. The Morgan fingerprint density at radius 1 is 1.26 bits per heavy atom. The number of nitrogens with zero attached hydrogens (tertiary/aromatic N) is 2. The highest BCUT2D eigenvalue weighted by Crippen LogP contribution is 2.26. The van der Waals surface area contributed by atoms with Gasteiger partial charge in [0.15, 0.2) is 0 Å². The molecule has 2 saturated heterocycles. The van der Waals surface area contributed by atoms with Crippen molar-refractivity contribution in [3.63, 3.8) is 0 Å². The molecule has 3 heteroatoms. The summed E-state index contributed by atoms with van der Waals surface area (Å²) in [6.45, 7) is 4.51. The molecule has 0 aliphatic carbocycles. The molecule has 2 aliphatic rings. The number of rotatable bonds is 4. The quantitative estimate of drug-likeness (QED) is 0.832. The zero-order valence-corrected chi connectivity index (χ0v) is 11.6. The molecule has 2 fully saturated rings. The van der Waals surface area contributed by atoms with E-state index in [-0.39, 0.29) is 0 Å². The number of ether oxygens (including phenoxy) is 1. The molecule has 104 valence electrons. The maximum atomic E-state index is 5.46. The van der Waals surface area contributed by atoms with Crippen LogP contribution in [0.2, 0.25) is 0 Å². The molecule has 0 amide bonds. The Bertz CT molecular complexity index is 376. The molecule has 3 nitrogen and oxygen atoms in total. The van der Waals surface area contributed by atoms with Gasteiger partial charge in [0, 0.05) is 38.2 Å². The van der Waals surface area contributed by atoms with E-state index in [1.165, 1.54) is 50.8 Å². The second-order valence-electron chi connectivity index (χ2n) is 5.89. The van der Waals surface area contributed by atoms with Crippen molar-refractivity contribution in [2.75, 3.05) is 26.3 Å². The van der Waals surface area contributed by atoms with E-state index in [0.29, 0.717) is 0 Å². The van der Waals surface area contributed by atoms with Gasteiger partial charge in [-0.25, -0.2) is 0 Å². The van der Waals surface area contributed by atoms with Crippen molar-refractivity contribution in [1.82, 2.24) is 9.88 Å². The van der Waals surface area contributed by atoms with Crippen molar-refractivity contribution in [1.29, 1.82) is 0 Å². The van der Waals surface area contributed by atoms with E-state index in [1.54, 1.807) is 0 Å². The zero-order valence-electron chi connectivity index (χ0n) is 11.6. The predicted molar refractivity (Wildman–Crippen MR) is 76.1 cm³/mol. The summed E-state index contributed by atoms with van der Waals surface area (Å²) in [4.78, 5) is 6.90. The molecule has 19 heavy (non-hydrogen) atoms. The summed E-state index contributed by atoms with van der Waals surface area (Å²) in [6.07, 6.45) is 10.2. The molecule has 0 aromatic carbocycles. The van der Waals surface area contributed by atoms with Crippen molar-refractivity contribution < 1.29 is 4.74 Å². The summed E-state index contributed by atoms with van der Waals surface area (Å²) >= 11 is 0. The van der Waals surface area contributed by atoms with Gasteiger partial charge in [-0.05, 0) is 56.2 Å². The summed E-state index contributed by atoms with van der Waals surface area (Å²) in [7, 11) is 0. The van der Waals surface area contributed by atoms with Crippen molar-refractivity contribution >= 4 is 0 Å². The Kier molecular flexibility index (Phi) is 4.46. The van der Waals surface area contributed by atoms with Gasteiger partial charge in [0.25, 0.3) is 0 Å². The molecule has 1 aromatic heterocycles. The lowest BCUT2D eigenvalue weighted by molar-refractivity contribution is 0.0410. The van der Waals surface area contributed by atoms with Crippen molar-refractivity contribution in [2.24, 2.45) is 5.92 Å². The second kappa shape index (κ2) is 6.49. The smallest absolute Gasteiger partial charge is 0.0480 e. The first kappa shape index (κ1) is 13.1. The molecule has 3 rings (SSSR count). The minimum absolute atomic E-state index is 0.789. The van der Waals surface area contributed by atoms with Gasteiger partial charge in [0.2, 0.25) is 0 Å². The topological polar surface area (TPSA) is 25.4 Å². The third-order valence-electron chi connectivity index (χ3n) is 4.59. The Hall–Kier alpha value is -0.930. The fourth-order valence-corrected chi connectivity index (χ4v) is 3.40. The van der Waals surface area contributed by atoms with Crippen LogP contribution in [0.25, 0.3) is 0 Å². The van der Waals surface area contributed by atoms with Gasteiger partial charge in [-0.1, -0.05) is 6.07 Å². The summed E-state index contributed by atoms with van der Waals surface area (Å²) in [5.74, 6) is 0.878. The molecule has 0 unspecified atom stereocenters. The van der Waals surface area contributed by atoms with E-state index in [9.17, 15) is 0 Å². The van der Waals surface area contributed by atoms with Gasteiger partial charge in [0.05, 0.1) is 0 Å². The molecule has 1 aromatic rings. The van der Waals surface area contributed by atoms with Gasteiger partial charge in [-0.3, -0.25) is 9.88 Å². The number of aryl methyl sites for hydroxylation is 1. The summed E-state index contributed by atoms with van der Waals surface area (Å²) in [6, 6.07) is 5.02. The maximum absolute atomic E-state index is 5.46. The highest BCUT2D eigenvalue weighted by atomic mass is 16.5. The van der Waals surface area contributed by atoms with Crippen molar-refractivity contribution in [3.05, 3.63) is 30.1 Å². The Morgan fingerprint density at radius 2 is 2.16 bits per heavy atom. The van der Waals surface area contributed by atoms with E-state index in [0.717, 1.165) is 25.2 Å². The lowest BCUT2D eigenvalue weighted by Gasteiger charge is -2.31. The summed E-state index contributed by atoms with van der Waals surface area (Å²) < 4.78 is 5.46. The van der Waals surface area contributed by atoms with Crippen molar-refractivity contribution in [2.45, 2.75) is 38.1 Å². The first-order valence-corrected chi connectivity index (χ1v) is 7.62. The SMILES string of the molecule is c1cncc(CC[C@@H]2CCN(C3CCOCC3)C2)c1. The molecular formula is C16H24N2O. The fourth-order valence-electron chi connectivity index (χ4n) is 3.40. The summed E-state index contributed by atoms with van der Waals surface area (Å²) in [5, 5.41) is 0. The predicted octanol–water partition coefficient (Wildman–Crippen LogP) is 2.52. The summed E-state index contributed by atoms with van der Waals surface area (Å²) in [5.41, 5.74) is 1.38. The molecule has 0 spiro atoms. The zero-order chi connectivity index (χ0) is 12.9. The van der Waals surface area contributed by atoms with Crippen LogP contribution in [0.5, 0.6) is 0 Å². The third kappa shape index (κ3) is 3.54. The molecular weight excluding hydrogens is 236 g/mol. The van der Waals surface area contributed by atoms with E-state index in [4.69, 9.17) is 4.74 Å². The monoisotopic (exact) mass is 260 g/mol. The number of hydrogen-bond acceptors (Lipinski definition) is 3. The number of pyridine rings is 1. The first-order valence-electron chi connectivity index (χ1n) is 7.62.